The lowest BCUT2D eigenvalue weighted by Crippen LogP contribution is -2.22. The SMILES string of the molecule is O=C(CCNCCC1CCCCC1)c1ccc(C2CCCCC2)c(Cl)c1. The summed E-state index contributed by atoms with van der Waals surface area (Å²) in [5, 5.41) is 4.24. The monoisotopic (exact) mass is 375 g/mol. The highest BCUT2D eigenvalue weighted by molar-refractivity contribution is 6.31. The molecule has 1 N–H and O–H groups in total. The second-order valence-electron chi connectivity index (χ2n) is 8.29. The van der Waals surface area contributed by atoms with Crippen molar-refractivity contribution in [1.82, 2.24) is 5.32 Å². The van der Waals surface area contributed by atoms with Crippen LogP contribution in [0.4, 0.5) is 0 Å². The molecule has 0 unspecified atom stereocenters. The van der Waals surface area contributed by atoms with Gasteiger partial charge in [0.2, 0.25) is 0 Å². The number of benzene rings is 1. The van der Waals surface area contributed by atoms with E-state index in [0.717, 1.165) is 29.6 Å². The van der Waals surface area contributed by atoms with Gasteiger partial charge >= 0.3 is 0 Å². The summed E-state index contributed by atoms with van der Waals surface area (Å²) in [6.07, 6.45) is 15.2. The van der Waals surface area contributed by atoms with E-state index in [1.807, 2.05) is 12.1 Å². The van der Waals surface area contributed by atoms with E-state index in [1.165, 1.54) is 76.2 Å². The van der Waals surface area contributed by atoms with Crippen molar-refractivity contribution in [3.8, 4) is 0 Å². The zero-order valence-corrected chi connectivity index (χ0v) is 16.8. The molecule has 0 aromatic heterocycles. The van der Waals surface area contributed by atoms with Crippen molar-refractivity contribution in [1.29, 1.82) is 0 Å². The van der Waals surface area contributed by atoms with E-state index < -0.39 is 0 Å². The summed E-state index contributed by atoms with van der Waals surface area (Å²) in [6.45, 7) is 1.81. The molecule has 0 radical (unpaired) electrons. The second kappa shape index (κ2) is 10.5. The van der Waals surface area contributed by atoms with Gasteiger partial charge in [0, 0.05) is 23.6 Å². The van der Waals surface area contributed by atoms with Crippen LogP contribution < -0.4 is 5.32 Å². The Balaban J connectivity index is 1.40. The second-order valence-corrected chi connectivity index (χ2v) is 8.69. The number of carbonyl (C=O) groups is 1. The molecule has 0 bridgehead atoms. The van der Waals surface area contributed by atoms with Crippen molar-refractivity contribution in [2.75, 3.05) is 13.1 Å². The van der Waals surface area contributed by atoms with E-state index >= 15 is 0 Å². The van der Waals surface area contributed by atoms with Crippen LogP contribution >= 0.6 is 11.6 Å². The Morgan fingerprint density at radius 1 is 0.962 bits per heavy atom. The first-order valence-corrected chi connectivity index (χ1v) is 11.1. The number of rotatable bonds is 8. The van der Waals surface area contributed by atoms with Crippen molar-refractivity contribution in [3.63, 3.8) is 0 Å². The summed E-state index contributed by atoms with van der Waals surface area (Å²) in [6, 6.07) is 5.98. The molecule has 3 rings (SSSR count). The van der Waals surface area contributed by atoms with Crippen molar-refractivity contribution < 1.29 is 4.79 Å². The Morgan fingerprint density at radius 2 is 1.65 bits per heavy atom. The molecule has 144 valence electrons. The van der Waals surface area contributed by atoms with Gasteiger partial charge in [-0.3, -0.25) is 4.79 Å². The number of halogens is 1. The smallest absolute Gasteiger partial charge is 0.164 e. The average molecular weight is 376 g/mol. The van der Waals surface area contributed by atoms with Gasteiger partial charge in [0.1, 0.15) is 0 Å². The fourth-order valence-electron chi connectivity index (χ4n) is 4.70. The quantitative estimate of drug-likeness (QED) is 0.414. The van der Waals surface area contributed by atoms with Gasteiger partial charge in [-0.05, 0) is 49.3 Å². The molecule has 0 heterocycles. The summed E-state index contributed by atoms with van der Waals surface area (Å²) >= 11 is 6.51. The minimum Gasteiger partial charge on any atom is -0.316 e. The standard InChI is InChI=1S/C23H34ClNO/c24-22-17-20(11-12-21(22)19-9-5-2-6-10-19)23(26)14-16-25-15-13-18-7-3-1-4-8-18/h11-12,17-19,25H,1-10,13-16H2. The first kappa shape index (κ1) is 19.9. The third-order valence-corrected chi connectivity index (χ3v) is 6.68. The Bertz CT molecular complexity index is 574. The molecule has 2 saturated carbocycles. The zero-order valence-electron chi connectivity index (χ0n) is 16.1. The molecule has 0 aliphatic heterocycles. The lowest BCUT2D eigenvalue weighted by Gasteiger charge is -2.23. The van der Waals surface area contributed by atoms with Crippen LogP contribution in [0.15, 0.2) is 18.2 Å². The normalized spacial score (nSPS) is 19.6. The molecule has 0 saturated heterocycles. The van der Waals surface area contributed by atoms with Crippen LogP contribution in [0.5, 0.6) is 0 Å². The van der Waals surface area contributed by atoms with Crippen LogP contribution in [0.2, 0.25) is 5.02 Å². The first-order valence-electron chi connectivity index (χ1n) is 10.8. The van der Waals surface area contributed by atoms with Crippen LogP contribution in [0.25, 0.3) is 0 Å². The Morgan fingerprint density at radius 3 is 2.35 bits per heavy atom. The number of ketones is 1. The molecule has 1 aromatic rings. The van der Waals surface area contributed by atoms with E-state index in [9.17, 15) is 4.79 Å². The summed E-state index contributed by atoms with van der Waals surface area (Å²) in [7, 11) is 0. The molecular weight excluding hydrogens is 342 g/mol. The van der Waals surface area contributed by atoms with Gasteiger partial charge in [0.05, 0.1) is 0 Å². The van der Waals surface area contributed by atoms with Crippen LogP contribution in [0.1, 0.15) is 98.9 Å². The minimum absolute atomic E-state index is 0.201. The highest BCUT2D eigenvalue weighted by atomic mass is 35.5. The van der Waals surface area contributed by atoms with Gasteiger partial charge in [-0.15, -0.1) is 0 Å². The van der Waals surface area contributed by atoms with Crippen molar-refractivity contribution in [2.45, 2.75) is 83.0 Å². The molecule has 0 amide bonds. The predicted octanol–water partition coefficient (Wildman–Crippen LogP) is 6.52. The van der Waals surface area contributed by atoms with Crippen LogP contribution in [-0.4, -0.2) is 18.9 Å². The van der Waals surface area contributed by atoms with Gasteiger partial charge in [0.15, 0.2) is 5.78 Å². The Hall–Kier alpha value is -0.860. The molecule has 3 heteroatoms. The van der Waals surface area contributed by atoms with E-state index in [2.05, 4.69) is 11.4 Å². The molecular formula is C23H34ClNO. The van der Waals surface area contributed by atoms with Crippen molar-refractivity contribution >= 4 is 17.4 Å². The maximum absolute atomic E-state index is 12.5. The number of nitrogens with one attached hydrogen (secondary N) is 1. The summed E-state index contributed by atoms with van der Waals surface area (Å²) in [5.74, 6) is 1.69. The third-order valence-electron chi connectivity index (χ3n) is 6.35. The summed E-state index contributed by atoms with van der Waals surface area (Å²) in [4.78, 5) is 12.5. The maximum atomic E-state index is 12.5. The Labute approximate surface area is 164 Å². The zero-order chi connectivity index (χ0) is 18.2. The summed E-state index contributed by atoms with van der Waals surface area (Å²) < 4.78 is 0. The molecule has 2 fully saturated rings. The maximum Gasteiger partial charge on any atom is 0.164 e. The largest absolute Gasteiger partial charge is 0.316 e. The molecule has 2 aliphatic carbocycles. The van der Waals surface area contributed by atoms with Crippen molar-refractivity contribution in [3.05, 3.63) is 34.3 Å². The number of hydrogen-bond donors (Lipinski definition) is 1. The first-order chi connectivity index (χ1) is 12.7. The molecule has 1 aromatic carbocycles. The fraction of sp³-hybridized carbons (Fsp3) is 0.696. The number of Topliss-reactive ketones (excluding diaryl/α,β-unsaturated/α-hetero) is 1. The fourth-order valence-corrected chi connectivity index (χ4v) is 5.03. The highest BCUT2D eigenvalue weighted by Crippen LogP contribution is 2.36. The molecule has 0 spiro atoms. The van der Waals surface area contributed by atoms with Gasteiger partial charge in [-0.25, -0.2) is 0 Å². The number of carbonyl (C=O) groups excluding carboxylic acids is 1. The van der Waals surface area contributed by atoms with Gasteiger partial charge in [-0.2, -0.15) is 0 Å². The molecule has 2 nitrogen and oxygen atoms in total. The predicted molar refractivity (Wildman–Crippen MR) is 110 cm³/mol. The highest BCUT2D eigenvalue weighted by Gasteiger charge is 2.19. The topological polar surface area (TPSA) is 29.1 Å². The van der Waals surface area contributed by atoms with Crippen LogP contribution in [0.3, 0.4) is 0 Å². The summed E-state index contributed by atoms with van der Waals surface area (Å²) in [5.41, 5.74) is 2.01. The van der Waals surface area contributed by atoms with E-state index in [4.69, 9.17) is 11.6 Å². The number of hydrogen-bond acceptors (Lipinski definition) is 2. The van der Waals surface area contributed by atoms with Crippen LogP contribution in [0, 0.1) is 5.92 Å². The lowest BCUT2D eigenvalue weighted by molar-refractivity contribution is 0.0982. The Kier molecular flexibility index (Phi) is 8.01. The van der Waals surface area contributed by atoms with E-state index in [0.29, 0.717) is 12.3 Å². The van der Waals surface area contributed by atoms with Crippen LogP contribution in [-0.2, 0) is 0 Å². The van der Waals surface area contributed by atoms with Crippen molar-refractivity contribution in [2.24, 2.45) is 5.92 Å². The van der Waals surface area contributed by atoms with Gasteiger partial charge in [0.25, 0.3) is 0 Å². The van der Waals surface area contributed by atoms with E-state index in [1.54, 1.807) is 0 Å². The minimum atomic E-state index is 0.201. The lowest BCUT2D eigenvalue weighted by atomic mass is 9.83. The third kappa shape index (κ3) is 5.82. The van der Waals surface area contributed by atoms with Gasteiger partial charge in [-0.1, -0.05) is 75.1 Å². The van der Waals surface area contributed by atoms with E-state index in [-0.39, 0.29) is 5.78 Å². The average Bonchev–Trinajstić information content (AvgIpc) is 2.69. The molecule has 2 aliphatic rings. The van der Waals surface area contributed by atoms with Gasteiger partial charge < -0.3 is 5.32 Å². The molecule has 26 heavy (non-hydrogen) atoms. The molecule has 0 atom stereocenters.